The Kier molecular flexibility index (Phi) is 10.7. The molecule has 0 atom stereocenters. The van der Waals surface area contributed by atoms with Gasteiger partial charge in [0, 0.05) is 6.08 Å². The molecule has 0 saturated carbocycles. The van der Waals surface area contributed by atoms with Gasteiger partial charge in [0.25, 0.3) is 0 Å². The number of carbonyl (C=O) groups excluding carboxylic acids is 1. The second-order valence-electron chi connectivity index (χ2n) is 4.47. The normalized spacial score (nSPS) is 11.3. The summed E-state index contributed by atoms with van der Waals surface area (Å²) in [6.07, 6.45) is 12.8. The van der Waals surface area contributed by atoms with Crippen LogP contribution in [-0.4, -0.2) is 5.97 Å². The molecule has 0 rings (SSSR count). The van der Waals surface area contributed by atoms with E-state index >= 15 is 0 Å². The molecule has 0 amide bonds. The maximum atomic E-state index is 11.1. The van der Waals surface area contributed by atoms with E-state index < -0.39 is 0 Å². The number of rotatable bonds is 10. The average molecular weight is 238 g/mol. The third-order valence-electron chi connectivity index (χ3n) is 2.74. The molecule has 2 heteroatoms. The molecule has 0 aliphatic carbocycles. The first kappa shape index (κ1) is 16.0. The van der Waals surface area contributed by atoms with Gasteiger partial charge >= 0.3 is 5.97 Å². The second kappa shape index (κ2) is 11.4. The van der Waals surface area contributed by atoms with E-state index in [9.17, 15) is 4.79 Å². The van der Waals surface area contributed by atoms with Crippen molar-refractivity contribution in [1.29, 1.82) is 0 Å². The van der Waals surface area contributed by atoms with Crippen molar-refractivity contribution in [3.8, 4) is 0 Å². The van der Waals surface area contributed by atoms with Crippen molar-refractivity contribution in [2.75, 3.05) is 0 Å². The lowest BCUT2D eigenvalue weighted by atomic mass is 10.1. The SMILES string of the molecule is C=COC(=O)C=C(C)CCCCCCCCC. The Labute approximate surface area is 106 Å². The van der Waals surface area contributed by atoms with E-state index in [0.717, 1.165) is 18.4 Å². The molecule has 0 radical (unpaired) electrons. The fourth-order valence-corrected chi connectivity index (χ4v) is 1.75. The van der Waals surface area contributed by atoms with E-state index in [1.807, 2.05) is 6.92 Å². The van der Waals surface area contributed by atoms with Crippen molar-refractivity contribution in [2.45, 2.75) is 65.2 Å². The maximum Gasteiger partial charge on any atom is 0.335 e. The lowest BCUT2D eigenvalue weighted by molar-refractivity contribution is -0.132. The molecular formula is C15H26O2. The lowest BCUT2D eigenvalue weighted by Gasteiger charge is -2.02. The molecule has 0 aromatic carbocycles. The Hall–Kier alpha value is -1.05. The standard InChI is InChI=1S/C15H26O2/c1-4-6-7-8-9-10-11-12-14(3)13-15(16)17-5-2/h5,13H,2,4,6-12H2,1,3H3. The molecule has 0 aliphatic heterocycles. The summed E-state index contributed by atoms with van der Waals surface area (Å²) in [5, 5.41) is 0. The molecule has 0 aliphatic rings. The molecule has 0 bridgehead atoms. The van der Waals surface area contributed by atoms with E-state index in [4.69, 9.17) is 0 Å². The van der Waals surface area contributed by atoms with Crippen LogP contribution in [0.2, 0.25) is 0 Å². The van der Waals surface area contributed by atoms with Crippen molar-refractivity contribution in [1.82, 2.24) is 0 Å². The summed E-state index contributed by atoms with van der Waals surface area (Å²) in [4.78, 5) is 11.1. The van der Waals surface area contributed by atoms with Crippen molar-refractivity contribution in [3.05, 3.63) is 24.5 Å². The number of hydrogen-bond acceptors (Lipinski definition) is 2. The minimum Gasteiger partial charge on any atom is -0.432 e. The summed E-state index contributed by atoms with van der Waals surface area (Å²) in [6.45, 7) is 7.55. The molecule has 2 nitrogen and oxygen atoms in total. The molecule has 0 aromatic rings. The molecule has 0 aromatic heterocycles. The zero-order chi connectivity index (χ0) is 12.9. The molecule has 0 saturated heterocycles. The van der Waals surface area contributed by atoms with E-state index in [1.165, 1.54) is 44.8 Å². The van der Waals surface area contributed by atoms with E-state index in [-0.39, 0.29) is 5.97 Å². The zero-order valence-corrected chi connectivity index (χ0v) is 11.3. The molecule has 0 fully saturated rings. The summed E-state index contributed by atoms with van der Waals surface area (Å²) < 4.78 is 4.63. The van der Waals surface area contributed by atoms with Crippen LogP contribution >= 0.6 is 0 Å². The fraction of sp³-hybridized carbons (Fsp3) is 0.667. The summed E-state index contributed by atoms with van der Waals surface area (Å²) >= 11 is 0. The predicted octanol–water partition coefficient (Wildman–Crippen LogP) is 4.76. The highest BCUT2D eigenvalue weighted by molar-refractivity contribution is 5.83. The second-order valence-corrected chi connectivity index (χ2v) is 4.47. The predicted molar refractivity (Wildman–Crippen MR) is 72.7 cm³/mol. The molecule has 0 heterocycles. The van der Waals surface area contributed by atoms with Crippen LogP contribution in [0, 0.1) is 0 Å². The van der Waals surface area contributed by atoms with Gasteiger partial charge in [-0.1, -0.05) is 57.6 Å². The Morgan fingerprint density at radius 1 is 1.12 bits per heavy atom. The van der Waals surface area contributed by atoms with Gasteiger partial charge in [-0.25, -0.2) is 4.79 Å². The fourth-order valence-electron chi connectivity index (χ4n) is 1.75. The van der Waals surface area contributed by atoms with Crippen LogP contribution in [-0.2, 0) is 9.53 Å². The van der Waals surface area contributed by atoms with Crippen molar-refractivity contribution >= 4 is 5.97 Å². The van der Waals surface area contributed by atoms with Crippen molar-refractivity contribution in [3.63, 3.8) is 0 Å². The van der Waals surface area contributed by atoms with Gasteiger partial charge in [0.2, 0.25) is 0 Å². The van der Waals surface area contributed by atoms with Crippen molar-refractivity contribution in [2.24, 2.45) is 0 Å². The molecule has 17 heavy (non-hydrogen) atoms. The molecule has 98 valence electrons. The smallest absolute Gasteiger partial charge is 0.335 e. The Morgan fingerprint density at radius 2 is 1.71 bits per heavy atom. The van der Waals surface area contributed by atoms with Gasteiger partial charge in [-0.05, 0) is 19.8 Å². The number of hydrogen-bond donors (Lipinski definition) is 0. The van der Waals surface area contributed by atoms with Crippen LogP contribution in [0.1, 0.15) is 65.2 Å². The van der Waals surface area contributed by atoms with Crippen molar-refractivity contribution < 1.29 is 9.53 Å². The number of ether oxygens (including phenoxy) is 1. The number of carbonyl (C=O) groups is 1. The first-order valence-corrected chi connectivity index (χ1v) is 6.69. The van der Waals surface area contributed by atoms with Crippen LogP contribution in [0.5, 0.6) is 0 Å². The molecule has 0 N–H and O–H groups in total. The number of esters is 1. The van der Waals surface area contributed by atoms with Gasteiger partial charge in [-0.15, -0.1) is 0 Å². The largest absolute Gasteiger partial charge is 0.432 e. The van der Waals surface area contributed by atoms with E-state index in [1.54, 1.807) is 6.08 Å². The Morgan fingerprint density at radius 3 is 2.29 bits per heavy atom. The van der Waals surface area contributed by atoms with Gasteiger partial charge in [0.05, 0.1) is 6.26 Å². The average Bonchev–Trinajstić information content (AvgIpc) is 2.28. The van der Waals surface area contributed by atoms with Crippen LogP contribution in [0.4, 0.5) is 0 Å². The summed E-state index contributed by atoms with van der Waals surface area (Å²) in [5.41, 5.74) is 1.09. The van der Waals surface area contributed by atoms with E-state index in [0.29, 0.717) is 0 Å². The highest BCUT2D eigenvalue weighted by Gasteiger charge is 1.97. The molecule has 0 spiro atoms. The molecule has 0 unspecified atom stereocenters. The third kappa shape index (κ3) is 11.2. The Bertz CT molecular complexity index is 241. The monoisotopic (exact) mass is 238 g/mol. The highest BCUT2D eigenvalue weighted by atomic mass is 16.5. The van der Waals surface area contributed by atoms with Crippen LogP contribution in [0.15, 0.2) is 24.5 Å². The first-order chi connectivity index (χ1) is 8.20. The Balaban J connectivity index is 3.47. The number of unbranched alkanes of at least 4 members (excludes halogenated alkanes) is 6. The van der Waals surface area contributed by atoms with Gasteiger partial charge in [0.15, 0.2) is 0 Å². The van der Waals surface area contributed by atoms with Gasteiger partial charge in [0.1, 0.15) is 0 Å². The third-order valence-corrected chi connectivity index (χ3v) is 2.74. The number of allylic oxidation sites excluding steroid dienone is 1. The minimum absolute atomic E-state index is 0.319. The first-order valence-electron chi connectivity index (χ1n) is 6.69. The van der Waals surface area contributed by atoms with Gasteiger partial charge < -0.3 is 4.74 Å². The van der Waals surface area contributed by atoms with Gasteiger partial charge in [-0.2, -0.15) is 0 Å². The summed E-state index contributed by atoms with van der Waals surface area (Å²) in [5.74, 6) is -0.319. The molecular weight excluding hydrogens is 212 g/mol. The van der Waals surface area contributed by atoms with Crippen LogP contribution < -0.4 is 0 Å². The van der Waals surface area contributed by atoms with E-state index in [2.05, 4.69) is 18.2 Å². The lowest BCUT2D eigenvalue weighted by Crippen LogP contribution is -1.95. The summed E-state index contributed by atoms with van der Waals surface area (Å²) in [6, 6.07) is 0. The highest BCUT2D eigenvalue weighted by Crippen LogP contribution is 2.12. The topological polar surface area (TPSA) is 26.3 Å². The van der Waals surface area contributed by atoms with Crippen LogP contribution in [0.25, 0.3) is 0 Å². The van der Waals surface area contributed by atoms with Crippen LogP contribution in [0.3, 0.4) is 0 Å². The minimum atomic E-state index is -0.319. The quantitative estimate of drug-likeness (QED) is 0.237. The van der Waals surface area contributed by atoms with Gasteiger partial charge in [-0.3, -0.25) is 0 Å². The summed E-state index contributed by atoms with van der Waals surface area (Å²) in [7, 11) is 0. The zero-order valence-electron chi connectivity index (χ0n) is 11.3. The maximum absolute atomic E-state index is 11.1.